The van der Waals surface area contributed by atoms with Crippen LogP contribution in [0.15, 0.2) is 42.5 Å². The Labute approximate surface area is 115 Å². The lowest BCUT2D eigenvalue weighted by Crippen LogP contribution is -1.98. The van der Waals surface area contributed by atoms with E-state index in [1.54, 1.807) is 7.11 Å². The first kappa shape index (κ1) is 13.6. The summed E-state index contributed by atoms with van der Waals surface area (Å²) in [5.74, 6) is 1.37. The van der Waals surface area contributed by atoms with Gasteiger partial charge in [-0.05, 0) is 30.0 Å². The van der Waals surface area contributed by atoms with Gasteiger partial charge in [-0.3, -0.25) is 0 Å². The molecule has 2 rings (SSSR count). The molecule has 1 atom stereocenters. The summed E-state index contributed by atoms with van der Waals surface area (Å²) in [6.45, 7) is 4.52. The van der Waals surface area contributed by atoms with Gasteiger partial charge in [0.2, 0.25) is 5.88 Å². The van der Waals surface area contributed by atoms with Crippen molar-refractivity contribution in [1.82, 2.24) is 4.98 Å². The highest BCUT2D eigenvalue weighted by molar-refractivity contribution is 5.60. The van der Waals surface area contributed by atoms with Crippen LogP contribution in [-0.2, 0) is 6.42 Å². The van der Waals surface area contributed by atoms with Crippen LogP contribution >= 0.6 is 0 Å². The number of benzene rings is 1. The molecule has 19 heavy (non-hydrogen) atoms. The molecule has 1 aromatic heterocycles. The monoisotopic (exact) mass is 255 g/mol. The fourth-order valence-electron chi connectivity index (χ4n) is 2.09. The van der Waals surface area contributed by atoms with Gasteiger partial charge < -0.3 is 4.74 Å². The zero-order chi connectivity index (χ0) is 13.7. The van der Waals surface area contributed by atoms with E-state index in [2.05, 4.69) is 43.1 Å². The molecule has 0 amide bonds. The van der Waals surface area contributed by atoms with Crippen LogP contribution in [0, 0.1) is 5.92 Å². The molecule has 0 aliphatic carbocycles. The minimum Gasteiger partial charge on any atom is -0.481 e. The van der Waals surface area contributed by atoms with Crippen molar-refractivity contribution in [2.24, 2.45) is 5.92 Å². The van der Waals surface area contributed by atoms with E-state index in [0.717, 1.165) is 17.7 Å². The number of aromatic nitrogens is 1. The Kier molecular flexibility index (Phi) is 4.56. The summed E-state index contributed by atoms with van der Waals surface area (Å²) in [5.41, 5.74) is 3.49. The van der Waals surface area contributed by atoms with Crippen molar-refractivity contribution in [1.29, 1.82) is 0 Å². The third kappa shape index (κ3) is 3.57. The first-order valence-electron chi connectivity index (χ1n) is 6.83. The fourth-order valence-corrected chi connectivity index (χ4v) is 2.09. The number of methoxy groups -OCH3 is 1. The smallest absolute Gasteiger partial charge is 0.213 e. The molecule has 0 N–H and O–H groups in total. The standard InChI is InChI=1S/C17H21NO/c1-4-13(2)11-14-7-5-8-15(12-14)16-9-6-10-17(18-16)19-3/h5-10,12-13H,4,11H2,1-3H3. The lowest BCUT2D eigenvalue weighted by molar-refractivity contribution is 0.398. The molecule has 0 aliphatic rings. The van der Waals surface area contributed by atoms with Gasteiger partial charge in [0.05, 0.1) is 12.8 Å². The van der Waals surface area contributed by atoms with Crippen LogP contribution in [0.3, 0.4) is 0 Å². The van der Waals surface area contributed by atoms with Gasteiger partial charge >= 0.3 is 0 Å². The van der Waals surface area contributed by atoms with Gasteiger partial charge in [-0.2, -0.15) is 0 Å². The molecule has 1 aromatic carbocycles. The number of hydrogen-bond acceptors (Lipinski definition) is 2. The molecule has 0 saturated carbocycles. The Morgan fingerprint density at radius 3 is 2.68 bits per heavy atom. The number of ether oxygens (including phenoxy) is 1. The van der Waals surface area contributed by atoms with Crippen molar-refractivity contribution >= 4 is 0 Å². The van der Waals surface area contributed by atoms with Crippen LogP contribution in [0.2, 0.25) is 0 Å². The molecule has 0 saturated heterocycles. The largest absolute Gasteiger partial charge is 0.481 e. The van der Waals surface area contributed by atoms with Gasteiger partial charge in [-0.25, -0.2) is 4.98 Å². The van der Waals surface area contributed by atoms with E-state index in [-0.39, 0.29) is 0 Å². The van der Waals surface area contributed by atoms with E-state index in [1.807, 2.05) is 18.2 Å². The first-order chi connectivity index (χ1) is 9.22. The molecule has 0 spiro atoms. The Morgan fingerprint density at radius 2 is 1.95 bits per heavy atom. The van der Waals surface area contributed by atoms with Crippen molar-refractivity contribution in [3.63, 3.8) is 0 Å². The number of hydrogen-bond donors (Lipinski definition) is 0. The molecule has 2 heteroatoms. The molecule has 2 nitrogen and oxygen atoms in total. The van der Waals surface area contributed by atoms with Gasteiger partial charge in [0.15, 0.2) is 0 Å². The minimum absolute atomic E-state index is 0.657. The van der Waals surface area contributed by atoms with E-state index in [1.165, 1.54) is 12.0 Å². The normalized spacial score (nSPS) is 12.2. The summed E-state index contributed by atoms with van der Waals surface area (Å²) in [6, 6.07) is 14.5. The minimum atomic E-state index is 0.657. The van der Waals surface area contributed by atoms with Crippen LogP contribution in [-0.4, -0.2) is 12.1 Å². The lowest BCUT2D eigenvalue weighted by atomic mass is 9.97. The summed E-state index contributed by atoms with van der Waals surface area (Å²) in [7, 11) is 1.64. The van der Waals surface area contributed by atoms with Crippen molar-refractivity contribution in [2.45, 2.75) is 26.7 Å². The van der Waals surface area contributed by atoms with Crippen molar-refractivity contribution < 1.29 is 4.74 Å². The second-order valence-corrected chi connectivity index (χ2v) is 4.98. The van der Waals surface area contributed by atoms with Gasteiger partial charge in [0, 0.05) is 11.6 Å². The zero-order valence-corrected chi connectivity index (χ0v) is 11.9. The topological polar surface area (TPSA) is 22.1 Å². The van der Waals surface area contributed by atoms with E-state index >= 15 is 0 Å². The van der Waals surface area contributed by atoms with Crippen molar-refractivity contribution in [3.8, 4) is 17.1 Å². The third-order valence-electron chi connectivity index (χ3n) is 3.44. The quantitative estimate of drug-likeness (QED) is 0.792. The van der Waals surface area contributed by atoms with Gasteiger partial charge in [0.25, 0.3) is 0 Å². The molecule has 1 heterocycles. The van der Waals surface area contributed by atoms with Crippen LogP contribution in [0.1, 0.15) is 25.8 Å². The maximum Gasteiger partial charge on any atom is 0.213 e. The Morgan fingerprint density at radius 1 is 1.16 bits per heavy atom. The predicted molar refractivity (Wildman–Crippen MR) is 79.4 cm³/mol. The van der Waals surface area contributed by atoms with Gasteiger partial charge in [-0.15, -0.1) is 0 Å². The highest BCUT2D eigenvalue weighted by atomic mass is 16.5. The van der Waals surface area contributed by atoms with E-state index in [9.17, 15) is 0 Å². The highest BCUT2D eigenvalue weighted by Crippen LogP contribution is 2.22. The maximum atomic E-state index is 5.18. The predicted octanol–water partition coefficient (Wildman–Crippen LogP) is 4.35. The Hall–Kier alpha value is -1.83. The molecular weight excluding hydrogens is 234 g/mol. The number of rotatable bonds is 5. The second-order valence-electron chi connectivity index (χ2n) is 4.98. The first-order valence-corrected chi connectivity index (χ1v) is 6.83. The molecule has 0 radical (unpaired) electrons. The Balaban J connectivity index is 2.26. The summed E-state index contributed by atoms with van der Waals surface area (Å²) >= 11 is 0. The summed E-state index contributed by atoms with van der Waals surface area (Å²) < 4.78 is 5.18. The Bertz CT molecular complexity index is 536. The maximum absolute atomic E-state index is 5.18. The highest BCUT2D eigenvalue weighted by Gasteiger charge is 2.05. The van der Waals surface area contributed by atoms with Crippen LogP contribution in [0.25, 0.3) is 11.3 Å². The van der Waals surface area contributed by atoms with Gasteiger partial charge in [0.1, 0.15) is 0 Å². The average Bonchev–Trinajstić information content (AvgIpc) is 2.47. The van der Waals surface area contributed by atoms with Gasteiger partial charge in [-0.1, -0.05) is 44.5 Å². The molecule has 0 aliphatic heterocycles. The number of nitrogens with zero attached hydrogens (tertiary/aromatic N) is 1. The molecule has 0 bridgehead atoms. The van der Waals surface area contributed by atoms with Crippen molar-refractivity contribution in [2.75, 3.05) is 7.11 Å². The SMILES string of the molecule is CCC(C)Cc1cccc(-c2cccc(OC)n2)c1. The fraction of sp³-hybridized carbons (Fsp3) is 0.353. The van der Waals surface area contributed by atoms with E-state index < -0.39 is 0 Å². The summed E-state index contributed by atoms with van der Waals surface area (Å²) in [6.07, 6.45) is 2.33. The molecular formula is C17H21NO. The lowest BCUT2D eigenvalue weighted by Gasteiger charge is -2.10. The van der Waals surface area contributed by atoms with Crippen LogP contribution in [0.5, 0.6) is 5.88 Å². The number of pyridine rings is 1. The van der Waals surface area contributed by atoms with E-state index in [0.29, 0.717) is 11.8 Å². The molecule has 0 fully saturated rings. The molecule has 100 valence electrons. The average molecular weight is 255 g/mol. The second kappa shape index (κ2) is 6.37. The van der Waals surface area contributed by atoms with Crippen LogP contribution in [0.4, 0.5) is 0 Å². The van der Waals surface area contributed by atoms with Crippen molar-refractivity contribution in [3.05, 3.63) is 48.0 Å². The zero-order valence-electron chi connectivity index (χ0n) is 11.9. The molecule has 1 unspecified atom stereocenters. The summed E-state index contributed by atoms with van der Waals surface area (Å²) in [5, 5.41) is 0. The third-order valence-corrected chi connectivity index (χ3v) is 3.44. The molecule has 2 aromatic rings. The van der Waals surface area contributed by atoms with Crippen LogP contribution < -0.4 is 4.74 Å². The van der Waals surface area contributed by atoms with E-state index in [4.69, 9.17) is 4.74 Å². The summed E-state index contributed by atoms with van der Waals surface area (Å²) in [4.78, 5) is 4.48.